The molecular weight excluding hydrogens is 409 g/mol. The first-order valence-corrected chi connectivity index (χ1v) is 9.57. The number of aromatic nitrogens is 2. The van der Waals surface area contributed by atoms with Crippen molar-refractivity contribution < 1.29 is 18.7 Å². The monoisotopic (exact) mass is 427 g/mol. The third-order valence-corrected chi connectivity index (χ3v) is 4.79. The van der Waals surface area contributed by atoms with E-state index in [9.17, 15) is 14.0 Å². The number of Topliss-reactive ketones (excluding diaryl/α,β-unsaturated/α-hetero) is 1. The highest BCUT2D eigenvalue weighted by atomic mass is 35.5. The van der Waals surface area contributed by atoms with Gasteiger partial charge in [0, 0.05) is 23.5 Å². The average Bonchev–Trinajstić information content (AvgIpc) is 2.78. The van der Waals surface area contributed by atoms with Crippen molar-refractivity contribution in [3.63, 3.8) is 0 Å². The van der Waals surface area contributed by atoms with Crippen LogP contribution in [0.5, 0.6) is 5.75 Å². The molecule has 0 spiro atoms. The fourth-order valence-electron chi connectivity index (χ4n) is 2.89. The molecule has 8 heteroatoms. The molecule has 0 atom stereocenters. The average molecular weight is 428 g/mol. The molecule has 6 nitrogen and oxygen atoms in total. The molecule has 0 aliphatic carbocycles. The molecule has 0 fully saturated rings. The molecule has 0 bridgehead atoms. The molecule has 1 N–H and O–H groups in total. The van der Waals surface area contributed by atoms with Crippen LogP contribution >= 0.6 is 11.6 Å². The van der Waals surface area contributed by atoms with E-state index >= 15 is 0 Å². The van der Waals surface area contributed by atoms with Gasteiger partial charge in [-0.25, -0.2) is 9.37 Å². The Balaban J connectivity index is 1.81. The van der Waals surface area contributed by atoms with Crippen molar-refractivity contribution in [2.24, 2.45) is 0 Å². The molecular formula is C22H19ClFN3O3. The van der Waals surface area contributed by atoms with Gasteiger partial charge in [0.15, 0.2) is 5.78 Å². The summed E-state index contributed by atoms with van der Waals surface area (Å²) in [5, 5.41) is 2.55. The van der Waals surface area contributed by atoms with Crippen LogP contribution in [0.4, 0.5) is 4.39 Å². The summed E-state index contributed by atoms with van der Waals surface area (Å²) in [5.41, 5.74) is 2.25. The number of carbonyl (C=O) groups excluding carboxylic acids is 2. The number of nitrogens with zero attached hydrogens (tertiary/aromatic N) is 2. The van der Waals surface area contributed by atoms with Gasteiger partial charge in [-0.05, 0) is 48.4 Å². The molecule has 154 valence electrons. The Morgan fingerprint density at radius 1 is 1.20 bits per heavy atom. The van der Waals surface area contributed by atoms with Gasteiger partial charge < -0.3 is 10.1 Å². The number of ether oxygens (including phenoxy) is 1. The van der Waals surface area contributed by atoms with Gasteiger partial charge in [0.25, 0.3) is 5.91 Å². The van der Waals surface area contributed by atoms with Gasteiger partial charge in [0.1, 0.15) is 23.0 Å². The number of benzene rings is 1. The van der Waals surface area contributed by atoms with Crippen LogP contribution in [0, 0.1) is 5.82 Å². The Bertz CT molecular complexity index is 1100. The van der Waals surface area contributed by atoms with Crippen molar-refractivity contribution in [3.8, 4) is 17.0 Å². The minimum Gasteiger partial charge on any atom is -0.494 e. The molecule has 1 aromatic carbocycles. The second kappa shape index (κ2) is 9.45. The van der Waals surface area contributed by atoms with Crippen molar-refractivity contribution in [1.29, 1.82) is 0 Å². The zero-order valence-corrected chi connectivity index (χ0v) is 17.2. The smallest absolute Gasteiger partial charge is 0.252 e. The number of methoxy groups -OCH3 is 1. The van der Waals surface area contributed by atoms with E-state index in [1.807, 2.05) is 6.92 Å². The zero-order valence-electron chi connectivity index (χ0n) is 16.4. The minimum absolute atomic E-state index is 0.0653. The second-order valence-corrected chi connectivity index (χ2v) is 6.78. The van der Waals surface area contributed by atoms with Gasteiger partial charge >= 0.3 is 0 Å². The van der Waals surface area contributed by atoms with Crippen molar-refractivity contribution >= 4 is 23.3 Å². The van der Waals surface area contributed by atoms with E-state index in [0.29, 0.717) is 29.0 Å². The van der Waals surface area contributed by atoms with Crippen molar-refractivity contribution in [2.45, 2.75) is 13.3 Å². The first-order chi connectivity index (χ1) is 14.4. The molecule has 3 rings (SSSR count). The van der Waals surface area contributed by atoms with Crippen LogP contribution in [0.2, 0.25) is 5.02 Å². The Hall–Kier alpha value is -3.32. The van der Waals surface area contributed by atoms with Crippen LogP contribution in [0.25, 0.3) is 11.3 Å². The molecule has 2 heterocycles. The topological polar surface area (TPSA) is 81.2 Å². The van der Waals surface area contributed by atoms with E-state index < -0.39 is 5.82 Å². The van der Waals surface area contributed by atoms with Crippen LogP contribution in [-0.4, -0.2) is 35.3 Å². The highest BCUT2D eigenvalue weighted by Gasteiger charge is 2.17. The number of rotatable bonds is 7. The van der Waals surface area contributed by atoms with E-state index in [2.05, 4.69) is 15.3 Å². The standard InChI is InChI=1S/C22H19ClFN3O3/c1-3-13-11-25-9-8-15(13)22(29)26-12-19(28)18-6-7-20(30-2)21(27-18)14-4-5-17(24)16(23)10-14/h4-11H,3,12H2,1-2H3,(H,26,29). The molecule has 0 aliphatic rings. The largest absolute Gasteiger partial charge is 0.494 e. The summed E-state index contributed by atoms with van der Waals surface area (Å²) in [5.74, 6) is -0.895. The Morgan fingerprint density at radius 2 is 2.00 bits per heavy atom. The lowest BCUT2D eigenvalue weighted by Crippen LogP contribution is -2.30. The van der Waals surface area contributed by atoms with E-state index in [-0.39, 0.29) is 29.0 Å². The van der Waals surface area contributed by atoms with E-state index in [0.717, 1.165) is 5.56 Å². The van der Waals surface area contributed by atoms with Gasteiger partial charge in [-0.1, -0.05) is 18.5 Å². The number of aryl methyl sites for hydroxylation is 1. The Morgan fingerprint density at radius 3 is 2.70 bits per heavy atom. The lowest BCUT2D eigenvalue weighted by molar-refractivity contribution is 0.0901. The number of halogens is 2. The molecule has 2 aromatic heterocycles. The van der Waals surface area contributed by atoms with Gasteiger partial charge in [-0.2, -0.15) is 0 Å². The maximum atomic E-state index is 13.5. The van der Waals surface area contributed by atoms with Gasteiger partial charge in [-0.3, -0.25) is 14.6 Å². The van der Waals surface area contributed by atoms with Crippen molar-refractivity contribution in [2.75, 3.05) is 13.7 Å². The maximum Gasteiger partial charge on any atom is 0.252 e. The highest BCUT2D eigenvalue weighted by Crippen LogP contribution is 2.30. The Labute approximate surface area is 178 Å². The third-order valence-electron chi connectivity index (χ3n) is 4.50. The van der Waals surface area contributed by atoms with Crippen LogP contribution in [-0.2, 0) is 6.42 Å². The molecule has 0 unspecified atom stereocenters. The van der Waals surface area contributed by atoms with Crippen LogP contribution < -0.4 is 10.1 Å². The summed E-state index contributed by atoms with van der Waals surface area (Å²) in [7, 11) is 1.47. The summed E-state index contributed by atoms with van der Waals surface area (Å²) in [6.07, 6.45) is 3.80. The predicted molar refractivity (Wildman–Crippen MR) is 111 cm³/mol. The first-order valence-electron chi connectivity index (χ1n) is 9.19. The number of carbonyl (C=O) groups is 2. The number of nitrogens with one attached hydrogen (secondary N) is 1. The summed E-state index contributed by atoms with van der Waals surface area (Å²) in [4.78, 5) is 33.4. The SMILES string of the molecule is CCc1cnccc1C(=O)NCC(=O)c1ccc(OC)c(-c2ccc(F)c(Cl)c2)n1. The highest BCUT2D eigenvalue weighted by molar-refractivity contribution is 6.31. The predicted octanol–water partition coefficient (Wildman–Crippen LogP) is 4.12. The number of amides is 1. The van der Waals surface area contributed by atoms with E-state index in [1.165, 1.54) is 37.6 Å². The molecule has 0 aliphatic heterocycles. The molecule has 0 radical (unpaired) electrons. The van der Waals surface area contributed by atoms with Crippen LogP contribution in [0.15, 0.2) is 48.8 Å². The normalized spacial score (nSPS) is 10.5. The van der Waals surface area contributed by atoms with Gasteiger partial charge in [-0.15, -0.1) is 0 Å². The molecule has 0 saturated heterocycles. The number of pyridine rings is 2. The lowest BCUT2D eigenvalue weighted by Gasteiger charge is -2.11. The lowest BCUT2D eigenvalue weighted by atomic mass is 10.1. The Kier molecular flexibility index (Phi) is 6.74. The summed E-state index contributed by atoms with van der Waals surface area (Å²) >= 11 is 5.87. The first kappa shape index (κ1) is 21.4. The molecule has 3 aromatic rings. The van der Waals surface area contributed by atoms with E-state index in [1.54, 1.807) is 18.3 Å². The van der Waals surface area contributed by atoms with Crippen molar-refractivity contribution in [3.05, 3.63) is 76.5 Å². The van der Waals surface area contributed by atoms with Gasteiger partial charge in [0.05, 0.1) is 18.7 Å². The van der Waals surface area contributed by atoms with E-state index in [4.69, 9.17) is 16.3 Å². The van der Waals surface area contributed by atoms with Crippen LogP contribution in [0.1, 0.15) is 33.3 Å². The molecule has 1 amide bonds. The summed E-state index contributed by atoms with van der Waals surface area (Å²) < 4.78 is 18.8. The van der Waals surface area contributed by atoms with Crippen molar-refractivity contribution in [1.82, 2.24) is 15.3 Å². The maximum absolute atomic E-state index is 13.5. The second-order valence-electron chi connectivity index (χ2n) is 6.37. The number of ketones is 1. The molecule has 30 heavy (non-hydrogen) atoms. The van der Waals surface area contributed by atoms with Gasteiger partial charge in [0.2, 0.25) is 0 Å². The number of hydrogen-bond donors (Lipinski definition) is 1. The van der Waals surface area contributed by atoms with Crippen LogP contribution in [0.3, 0.4) is 0 Å². The fourth-order valence-corrected chi connectivity index (χ4v) is 3.07. The number of hydrogen-bond acceptors (Lipinski definition) is 5. The minimum atomic E-state index is -0.558. The summed E-state index contributed by atoms with van der Waals surface area (Å²) in [6, 6.07) is 8.83. The quantitative estimate of drug-likeness (QED) is 0.573. The fraction of sp³-hybridized carbons (Fsp3) is 0.182. The zero-order chi connectivity index (χ0) is 21.7. The molecule has 0 saturated carbocycles. The summed E-state index contributed by atoms with van der Waals surface area (Å²) in [6.45, 7) is 1.69. The third kappa shape index (κ3) is 4.63.